The van der Waals surface area contributed by atoms with Crippen LogP contribution in [-0.2, 0) is 6.54 Å². The smallest absolute Gasteiger partial charge is 0.123 e. The maximum atomic E-state index is 13.2. The second kappa shape index (κ2) is 5.67. The minimum Gasteiger partial charge on any atom is -0.392 e. The quantitative estimate of drug-likeness (QED) is 0.570. The lowest BCUT2D eigenvalue weighted by atomic mass is 9.95. The van der Waals surface area contributed by atoms with Crippen LogP contribution in [-0.4, -0.2) is 35.0 Å². The van der Waals surface area contributed by atoms with E-state index < -0.39 is 0 Å². The van der Waals surface area contributed by atoms with Gasteiger partial charge in [0.1, 0.15) is 11.7 Å². The lowest BCUT2D eigenvalue weighted by molar-refractivity contribution is 0.0259. The van der Waals surface area contributed by atoms with Gasteiger partial charge in [-0.2, -0.15) is 0 Å². The van der Waals surface area contributed by atoms with Crippen molar-refractivity contribution in [3.8, 4) is 0 Å². The van der Waals surface area contributed by atoms with Crippen LogP contribution in [0.1, 0.15) is 24.5 Å². The largest absolute Gasteiger partial charge is 0.392 e. The van der Waals surface area contributed by atoms with Gasteiger partial charge in [0.25, 0.3) is 0 Å². The highest BCUT2D eigenvalue weighted by molar-refractivity contribution is 5.96. The Kier molecular flexibility index (Phi) is 4.17. The standard InChI is InChI=1S/C14H20FN3O/c1-9-4-5-18(8-13(9)19)7-10-2-3-11(15)6-12(10)14(16)17/h2-3,6,9,13,19H,4-5,7-8H2,1H3,(H3,16,17). The minimum atomic E-state index is -0.388. The zero-order chi connectivity index (χ0) is 14.0. The number of aliphatic hydroxyl groups excluding tert-OH is 1. The molecule has 4 N–H and O–H groups in total. The molecule has 0 aliphatic carbocycles. The zero-order valence-electron chi connectivity index (χ0n) is 11.1. The Morgan fingerprint density at radius 2 is 2.32 bits per heavy atom. The lowest BCUT2D eigenvalue weighted by Crippen LogP contribution is -2.42. The van der Waals surface area contributed by atoms with Crippen molar-refractivity contribution in [1.29, 1.82) is 5.41 Å². The number of nitrogens with one attached hydrogen (secondary N) is 1. The maximum absolute atomic E-state index is 13.2. The summed E-state index contributed by atoms with van der Waals surface area (Å²) in [6, 6.07) is 4.34. The molecule has 2 atom stereocenters. The van der Waals surface area contributed by atoms with Crippen molar-refractivity contribution in [3.63, 3.8) is 0 Å². The second-order valence-corrected chi connectivity index (χ2v) is 5.28. The summed E-state index contributed by atoms with van der Waals surface area (Å²) in [6.45, 7) is 4.13. The Morgan fingerprint density at radius 1 is 1.58 bits per heavy atom. The minimum absolute atomic E-state index is 0.125. The number of nitrogen functional groups attached to an aromatic ring is 1. The topological polar surface area (TPSA) is 73.3 Å². The number of nitrogens with two attached hydrogens (primary N) is 1. The number of β-amino-alcohol motifs (C(OH)–C–C–N with tert-alkyl or cyclic N) is 1. The van der Waals surface area contributed by atoms with Gasteiger partial charge in [-0.3, -0.25) is 10.3 Å². The number of amidine groups is 1. The Balaban J connectivity index is 2.13. The molecule has 4 nitrogen and oxygen atoms in total. The van der Waals surface area contributed by atoms with Crippen molar-refractivity contribution in [3.05, 3.63) is 35.1 Å². The fourth-order valence-electron chi connectivity index (χ4n) is 2.44. The molecule has 1 saturated heterocycles. The summed E-state index contributed by atoms with van der Waals surface area (Å²) in [4.78, 5) is 2.12. The first kappa shape index (κ1) is 14.0. The number of likely N-dealkylation sites (tertiary alicyclic amines) is 1. The first-order chi connectivity index (χ1) is 8.97. The molecule has 0 bridgehead atoms. The van der Waals surface area contributed by atoms with Crippen LogP contribution in [0, 0.1) is 17.1 Å². The van der Waals surface area contributed by atoms with Gasteiger partial charge in [0.05, 0.1) is 6.10 Å². The molecule has 0 aromatic heterocycles. The maximum Gasteiger partial charge on any atom is 0.123 e. The van der Waals surface area contributed by atoms with E-state index in [1.807, 2.05) is 6.92 Å². The molecule has 1 aromatic carbocycles. The summed E-state index contributed by atoms with van der Waals surface area (Å²) in [6.07, 6.45) is 0.618. The van der Waals surface area contributed by atoms with Crippen molar-refractivity contribution in [2.75, 3.05) is 13.1 Å². The van der Waals surface area contributed by atoms with Crippen LogP contribution in [0.2, 0.25) is 0 Å². The average Bonchev–Trinajstić information content (AvgIpc) is 2.36. The van der Waals surface area contributed by atoms with Crippen LogP contribution in [0.25, 0.3) is 0 Å². The molecule has 0 radical (unpaired) electrons. The van der Waals surface area contributed by atoms with E-state index in [4.69, 9.17) is 11.1 Å². The van der Waals surface area contributed by atoms with Crippen molar-refractivity contribution in [2.24, 2.45) is 11.7 Å². The highest BCUT2D eigenvalue weighted by Crippen LogP contribution is 2.20. The van der Waals surface area contributed by atoms with E-state index in [2.05, 4.69) is 4.90 Å². The Labute approximate surface area is 112 Å². The van der Waals surface area contributed by atoms with E-state index in [1.54, 1.807) is 6.07 Å². The third-order valence-corrected chi connectivity index (χ3v) is 3.76. The number of nitrogens with zero attached hydrogens (tertiary/aromatic N) is 1. The van der Waals surface area contributed by atoms with Gasteiger partial charge in [-0.1, -0.05) is 13.0 Å². The fraction of sp³-hybridized carbons (Fsp3) is 0.500. The lowest BCUT2D eigenvalue weighted by Gasteiger charge is -2.34. The van der Waals surface area contributed by atoms with Gasteiger partial charge >= 0.3 is 0 Å². The van der Waals surface area contributed by atoms with Crippen molar-refractivity contribution in [1.82, 2.24) is 4.90 Å². The molecule has 0 spiro atoms. The van der Waals surface area contributed by atoms with Gasteiger partial charge in [0.2, 0.25) is 0 Å². The van der Waals surface area contributed by atoms with Crippen molar-refractivity contribution >= 4 is 5.84 Å². The highest BCUT2D eigenvalue weighted by Gasteiger charge is 2.24. The SMILES string of the molecule is CC1CCN(Cc2ccc(F)cc2C(=N)N)CC1O. The van der Waals surface area contributed by atoms with E-state index >= 15 is 0 Å². The molecule has 1 aliphatic heterocycles. The molecular weight excluding hydrogens is 245 g/mol. The zero-order valence-corrected chi connectivity index (χ0v) is 11.1. The predicted molar refractivity (Wildman–Crippen MR) is 72.5 cm³/mol. The molecule has 0 amide bonds. The third-order valence-electron chi connectivity index (χ3n) is 3.76. The number of halogens is 1. The molecule has 1 fully saturated rings. The van der Waals surface area contributed by atoms with E-state index in [0.717, 1.165) is 18.5 Å². The van der Waals surface area contributed by atoms with E-state index in [1.165, 1.54) is 12.1 Å². The van der Waals surface area contributed by atoms with Gasteiger partial charge in [-0.25, -0.2) is 4.39 Å². The number of piperidine rings is 1. The number of hydrogen-bond donors (Lipinski definition) is 3. The van der Waals surface area contributed by atoms with Crippen LogP contribution >= 0.6 is 0 Å². The van der Waals surface area contributed by atoms with Gasteiger partial charge in [0, 0.05) is 18.7 Å². The van der Waals surface area contributed by atoms with Gasteiger partial charge in [0.15, 0.2) is 0 Å². The monoisotopic (exact) mass is 265 g/mol. The number of aliphatic hydroxyl groups is 1. The molecule has 1 aliphatic rings. The molecule has 104 valence electrons. The summed E-state index contributed by atoms with van der Waals surface area (Å²) in [5.74, 6) is -0.196. The van der Waals surface area contributed by atoms with Gasteiger partial charge in [-0.05, 0) is 36.6 Å². The molecule has 1 heterocycles. The first-order valence-corrected chi connectivity index (χ1v) is 6.50. The number of benzene rings is 1. The predicted octanol–water partition coefficient (Wildman–Crippen LogP) is 1.31. The Hall–Kier alpha value is -1.46. The van der Waals surface area contributed by atoms with Gasteiger partial charge < -0.3 is 10.8 Å². The molecule has 2 unspecified atom stereocenters. The average molecular weight is 265 g/mol. The molecular formula is C14H20FN3O. The van der Waals surface area contributed by atoms with Crippen LogP contribution in [0.5, 0.6) is 0 Å². The molecule has 19 heavy (non-hydrogen) atoms. The molecule has 2 rings (SSSR count). The van der Waals surface area contributed by atoms with Gasteiger partial charge in [-0.15, -0.1) is 0 Å². The van der Waals surface area contributed by atoms with Crippen LogP contribution in [0.4, 0.5) is 4.39 Å². The summed E-state index contributed by atoms with van der Waals surface area (Å²) in [7, 11) is 0. The fourth-order valence-corrected chi connectivity index (χ4v) is 2.44. The molecule has 0 saturated carbocycles. The van der Waals surface area contributed by atoms with E-state index in [0.29, 0.717) is 24.6 Å². The Morgan fingerprint density at radius 3 is 2.95 bits per heavy atom. The van der Waals surface area contributed by atoms with E-state index in [9.17, 15) is 9.50 Å². The Bertz CT molecular complexity index is 478. The highest BCUT2D eigenvalue weighted by atomic mass is 19.1. The summed E-state index contributed by atoms with van der Waals surface area (Å²) >= 11 is 0. The van der Waals surface area contributed by atoms with Crippen molar-refractivity contribution in [2.45, 2.75) is 26.0 Å². The molecule has 5 heteroatoms. The van der Waals surface area contributed by atoms with Crippen molar-refractivity contribution < 1.29 is 9.50 Å². The second-order valence-electron chi connectivity index (χ2n) is 5.28. The summed E-state index contributed by atoms with van der Waals surface area (Å²) in [5.41, 5.74) is 6.75. The first-order valence-electron chi connectivity index (χ1n) is 6.50. The van der Waals surface area contributed by atoms with Crippen LogP contribution < -0.4 is 5.73 Å². The number of hydrogen-bond acceptors (Lipinski definition) is 3. The number of rotatable bonds is 3. The summed E-state index contributed by atoms with van der Waals surface area (Å²) in [5, 5.41) is 17.4. The normalized spacial score (nSPS) is 24.4. The third kappa shape index (κ3) is 3.30. The summed E-state index contributed by atoms with van der Waals surface area (Å²) < 4.78 is 13.2. The van der Waals surface area contributed by atoms with Crippen LogP contribution in [0.15, 0.2) is 18.2 Å². The van der Waals surface area contributed by atoms with Crippen LogP contribution in [0.3, 0.4) is 0 Å². The molecule has 1 aromatic rings. The van der Waals surface area contributed by atoms with E-state index in [-0.39, 0.29) is 17.8 Å².